The minimum atomic E-state index is -0.916. The maximum Gasteiger partial charge on any atom is 0.248 e. The Kier molecular flexibility index (Phi) is 3.82. The van der Waals surface area contributed by atoms with Crippen LogP contribution in [0, 0.1) is 0 Å². The molecule has 0 saturated carbocycles. The van der Waals surface area contributed by atoms with Gasteiger partial charge in [0, 0.05) is 24.5 Å². The van der Waals surface area contributed by atoms with Crippen molar-refractivity contribution in [3.8, 4) is 0 Å². The number of rotatable bonds is 3. The Morgan fingerprint density at radius 1 is 1.26 bits per heavy atom. The summed E-state index contributed by atoms with van der Waals surface area (Å²) in [5.74, 6) is -0.804. The molecular weight excluding hydrogens is 246 g/mol. The third kappa shape index (κ3) is 3.10. The standard InChI is InChI=1S/C13H17N3O3/c14-11(17)9-2-1-3-10(8-9)16-12(18)13(15)4-6-19-7-5-13/h1-3,8H,4-7,15H2,(H2,14,17)(H,16,18). The smallest absolute Gasteiger partial charge is 0.248 e. The average molecular weight is 263 g/mol. The highest BCUT2D eigenvalue weighted by atomic mass is 16.5. The molecule has 1 heterocycles. The second-order valence-electron chi connectivity index (χ2n) is 4.67. The molecular formula is C13H17N3O3. The summed E-state index contributed by atoms with van der Waals surface area (Å²) < 4.78 is 5.19. The molecule has 0 spiro atoms. The Morgan fingerprint density at radius 3 is 2.58 bits per heavy atom. The zero-order valence-corrected chi connectivity index (χ0v) is 10.5. The summed E-state index contributed by atoms with van der Waals surface area (Å²) in [6, 6.07) is 6.46. The van der Waals surface area contributed by atoms with Crippen LogP contribution >= 0.6 is 0 Å². The molecule has 6 heteroatoms. The molecule has 1 aliphatic heterocycles. The lowest BCUT2D eigenvalue weighted by Gasteiger charge is -2.31. The predicted molar refractivity (Wildman–Crippen MR) is 70.6 cm³/mol. The molecule has 1 aromatic rings. The zero-order chi connectivity index (χ0) is 13.9. The van der Waals surface area contributed by atoms with Gasteiger partial charge in [0.25, 0.3) is 0 Å². The molecule has 5 N–H and O–H groups in total. The first kappa shape index (κ1) is 13.5. The Morgan fingerprint density at radius 2 is 1.95 bits per heavy atom. The molecule has 2 rings (SSSR count). The van der Waals surface area contributed by atoms with Gasteiger partial charge in [0.2, 0.25) is 11.8 Å². The third-order valence-corrected chi connectivity index (χ3v) is 3.24. The molecule has 0 bridgehead atoms. The Hall–Kier alpha value is -1.92. The fourth-order valence-corrected chi connectivity index (χ4v) is 1.97. The van der Waals surface area contributed by atoms with Gasteiger partial charge in [-0.3, -0.25) is 9.59 Å². The number of benzene rings is 1. The van der Waals surface area contributed by atoms with Crippen molar-refractivity contribution in [2.45, 2.75) is 18.4 Å². The molecule has 0 atom stereocenters. The summed E-state index contributed by atoms with van der Waals surface area (Å²) in [6.07, 6.45) is 0.961. The first-order chi connectivity index (χ1) is 9.01. The number of amides is 2. The van der Waals surface area contributed by atoms with Crippen LogP contribution < -0.4 is 16.8 Å². The van der Waals surface area contributed by atoms with E-state index in [4.69, 9.17) is 16.2 Å². The molecule has 1 saturated heterocycles. The quantitative estimate of drug-likeness (QED) is 0.725. The second kappa shape index (κ2) is 5.38. The van der Waals surface area contributed by atoms with E-state index in [1.54, 1.807) is 18.2 Å². The van der Waals surface area contributed by atoms with Crippen molar-refractivity contribution in [3.63, 3.8) is 0 Å². The van der Waals surface area contributed by atoms with Crippen molar-refractivity contribution in [3.05, 3.63) is 29.8 Å². The van der Waals surface area contributed by atoms with Crippen LogP contribution in [0.3, 0.4) is 0 Å². The van der Waals surface area contributed by atoms with Crippen LogP contribution in [-0.2, 0) is 9.53 Å². The van der Waals surface area contributed by atoms with Crippen LogP contribution in [-0.4, -0.2) is 30.6 Å². The van der Waals surface area contributed by atoms with Gasteiger partial charge < -0.3 is 21.5 Å². The third-order valence-electron chi connectivity index (χ3n) is 3.24. The molecule has 0 unspecified atom stereocenters. The van der Waals surface area contributed by atoms with Gasteiger partial charge in [0.05, 0.1) is 0 Å². The van der Waals surface area contributed by atoms with Gasteiger partial charge in [-0.05, 0) is 31.0 Å². The van der Waals surface area contributed by atoms with E-state index in [1.807, 2.05) is 0 Å². The van der Waals surface area contributed by atoms with Gasteiger partial charge in [-0.25, -0.2) is 0 Å². The molecule has 0 aromatic heterocycles. The van der Waals surface area contributed by atoms with E-state index in [-0.39, 0.29) is 5.91 Å². The normalized spacial score (nSPS) is 17.7. The van der Waals surface area contributed by atoms with Gasteiger partial charge in [-0.2, -0.15) is 0 Å². The molecule has 6 nitrogen and oxygen atoms in total. The molecule has 0 radical (unpaired) electrons. The van der Waals surface area contributed by atoms with Gasteiger partial charge in [-0.15, -0.1) is 0 Å². The number of carbonyl (C=O) groups excluding carboxylic acids is 2. The fraction of sp³-hybridized carbons (Fsp3) is 0.385. The van der Waals surface area contributed by atoms with Gasteiger partial charge in [0.15, 0.2) is 0 Å². The molecule has 19 heavy (non-hydrogen) atoms. The van der Waals surface area contributed by atoms with Crippen molar-refractivity contribution < 1.29 is 14.3 Å². The molecule has 1 fully saturated rings. The molecule has 2 amide bonds. The van der Waals surface area contributed by atoms with Crippen molar-refractivity contribution in [2.75, 3.05) is 18.5 Å². The van der Waals surface area contributed by atoms with Crippen LogP contribution in [0.4, 0.5) is 5.69 Å². The number of hydrogen-bond donors (Lipinski definition) is 3. The number of hydrogen-bond acceptors (Lipinski definition) is 4. The van der Waals surface area contributed by atoms with Crippen molar-refractivity contribution in [1.82, 2.24) is 0 Å². The van der Waals surface area contributed by atoms with E-state index in [9.17, 15) is 9.59 Å². The summed E-state index contributed by atoms with van der Waals surface area (Å²) in [5, 5.41) is 2.72. The zero-order valence-electron chi connectivity index (χ0n) is 10.5. The van der Waals surface area contributed by atoms with Gasteiger partial charge in [-0.1, -0.05) is 6.07 Å². The first-order valence-corrected chi connectivity index (χ1v) is 6.09. The van der Waals surface area contributed by atoms with Crippen molar-refractivity contribution in [1.29, 1.82) is 0 Å². The number of anilines is 1. The minimum absolute atomic E-state index is 0.266. The first-order valence-electron chi connectivity index (χ1n) is 6.09. The summed E-state index contributed by atoms with van der Waals surface area (Å²) in [4.78, 5) is 23.2. The van der Waals surface area contributed by atoms with Crippen molar-refractivity contribution >= 4 is 17.5 Å². The largest absolute Gasteiger partial charge is 0.381 e. The van der Waals surface area contributed by atoms with Crippen LogP contribution in [0.1, 0.15) is 23.2 Å². The van der Waals surface area contributed by atoms with Crippen LogP contribution in [0.25, 0.3) is 0 Å². The number of carbonyl (C=O) groups is 2. The lowest BCUT2D eigenvalue weighted by Crippen LogP contribution is -2.54. The highest BCUT2D eigenvalue weighted by molar-refractivity contribution is 5.99. The highest BCUT2D eigenvalue weighted by Gasteiger charge is 2.35. The van der Waals surface area contributed by atoms with E-state index < -0.39 is 11.4 Å². The maximum absolute atomic E-state index is 12.2. The second-order valence-corrected chi connectivity index (χ2v) is 4.67. The summed E-state index contributed by atoms with van der Waals surface area (Å²) in [6.45, 7) is 0.955. The molecule has 0 aliphatic carbocycles. The van der Waals surface area contributed by atoms with E-state index in [0.29, 0.717) is 37.3 Å². The van der Waals surface area contributed by atoms with Crippen LogP contribution in [0.15, 0.2) is 24.3 Å². The Balaban J connectivity index is 2.10. The Labute approximate surface area is 111 Å². The number of nitrogens with two attached hydrogens (primary N) is 2. The maximum atomic E-state index is 12.2. The van der Waals surface area contributed by atoms with E-state index in [0.717, 1.165) is 0 Å². The summed E-state index contributed by atoms with van der Waals surface area (Å²) in [7, 11) is 0. The number of ether oxygens (including phenoxy) is 1. The summed E-state index contributed by atoms with van der Waals surface area (Å²) >= 11 is 0. The lowest BCUT2D eigenvalue weighted by molar-refractivity contribution is -0.124. The number of primary amides is 1. The topological polar surface area (TPSA) is 107 Å². The molecule has 1 aromatic carbocycles. The number of nitrogens with one attached hydrogen (secondary N) is 1. The predicted octanol–water partition coefficient (Wildman–Crippen LogP) is 0.232. The fourth-order valence-electron chi connectivity index (χ4n) is 1.97. The van der Waals surface area contributed by atoms with Gasteiger partial charge >= 0.3 is 0 Å². The lowest BCUT2D eigenvalue weighted by atomic mass is 9.90. The van der Waals surface area contributed by atoms with E-state index in [2.05, 4.69) is 5.32 Å². The van der Waals surface area contributed by atoms with Crippen LogP contribution in [0.2, 0.25) is 0 Å². The highest BCUT2D eigenvalue weighted by Crippen LogP contribution is 2.20. The molecule has 1 aliphatic rings. The minimum Gasteiger partial charge on any atom is -0.381 e. The van der Waals surface area contributed by atoms with Crippen molar-refractivity contribution in [2.24, 2.45) is 11.5 Å². The average Bonchev–Trinajstić information content (AvgIpc) is 2.40. The van der Waals surface area contributed by atoms with E-state index >= 15 is 0 Å². The van der Waals surface area contributed by atoms with Gasteiger partial charge in [0.1, 0.15) is 5.54 Å². The SMILES string of the molecule is NC(=O)c1cccc(NC(=O)C2(N)CCOCC2)c1. The molecule has 102 valence electrons. The Bertz CT molecular complexity index is 496. The van der Waals surface area contributed by atoms with E-state index in [1.165, 1.54) is 6.07 Å². The van der Waals surface area contributed by atoms with Crippen LogP contribution in [0.5, 0.6) is 0 Å². The monoisotopic (exact) mass is 263 g/mol. The summed E-state index contributed by atoms with van der Waals surface area (Å²) in [5.41, 5.74) is 11.2.